The molecule has 2 aromatic rings. The Kier molecular flexibility index (Phi) is 28.8. The molecule has 0 unspecified atom stereocenters. The molecule has 0 aliphatic carbocycles. The molecule has 0 amide bonds. The third kappa shape index (κ3) is 41.6. The summed E-state index contributed by atoms with van der Waals surface area (Å²) in [7, 11) is -3.50. The quantitative estimate of drug-likeness (QED) is 0.357. The van der Waals surface area contributed by atoms with E-state index in [1.165, 1.54) is 25.7 Å². The van der Waals surface area contributed by atoms with Crippen LogP contribution in [-0.2, 0) is 47.4 Å². The number of nitrogens with zero attached hydrogens (tertiary/aromatic N) is 4. The molecule has 0 spiro atoms. The molecule has 0 saturated heterocycles. The highest BCUT2D eigenvalue weighted by Crippen LogP contribution is 1.92. The van der Waals surface area contributed by atoms with Crippen LogP contribution in [-0.4, -0.2) is 47.6 Å². The second-order valence-electron chi connectivity index (χ2n) is 6.78. The standard InChI is InChI=1S/2C8H15N2.2CH4O3S.CH4.2ClH/c2*1-3-4-5-10-7-6-9(2)8-10;2*1-5(2,3)4;;;/h2*6-8H,3-5H2,1-2H3;2*1H3,(H,2,3,4);1H4;2*1H/q2*+1;;;;;/p-2. The van der Waals surface area contributed by atoms with E-state index in [4.69, 9.17) is 17.5 Å². The van der Waals surface area contributed by atoms with Gasteiger partial charge in [0, 0.05) is 6.26 Å². The topological polar surface area (TPSA) is 129 Å². The fourth-order valence-corrected chi connectivity index (χ4v) is 1.95. The van der Waals surface area contributed by atoms with Gasteiger partial charge in [-0.05, 0) is 12.8 Å². The molecular weight excluding hydrogens is 515 g/mol. The van der Waals surface area contributed by atoms with Gasteiger partial charge in [0.2, 0.25) is 12.7 Å². The van der Waals surface area contributed by atoms with E-state index in [2.05, 4.69) is 69.6 Å². The van der Waals surface area contributed by atoms with Crippen LogP contribution in [0.25, 0.3) is 0 Å². The van der Waals surface area contributed by atoms with Crippen LogP contribution in [0.5, 0.6) is 0 Å². The Morgan fingerprint density at radius 2 is 1.09 bits per heavy atom. The van der Waals surface area contributed by atoms with Crippen molar-refractivity contribution in [3.05, 3.63) is 37.4 Å². The van der Waals surface area contributed by atoms with Gasteiger partial charge in [0.15, 0.2) is 0 Å². The zero-order chi connectivity index (χ0) is 23.8. The summed E-state index contributed by atoms with van der Waals surface area (Å²) < 4.78 is 61.7. The second-order valence-corrected chi connectivity index (χ2v) is 9.65. The molecule has 2 rings (SSSR count). The van der Waals surface area contributed by atoms with Gasteiger partial charge in [0.25, 0.3) is 10.1 Å². The van der Waals surface area contributed by atoms with Crippen molar-refractivity contribution in [2.24, 2.45) is 14.1 Å². The van der Waals surface area contributed by atoms with Gasteiger partial charge in [-0.15, -0.1) is 12.4 Å². The molecule has 200 valence electrons. The molecule has 0 radical (unpaired) electrons. The van der Waals surface area contributed by atoms with E-state index in [-0.39, 0.29) is 32.2 Å². The fourth-order valence-electron chi connectivity index (χ4n) is 1.95. The first-order valence-electron chi connectivity index (χ1n) is 9.51. The van der Waals surface area contributed by atoms with Crippen LogP contribution in [0.15, 0.2) is 37.4 Å². The van der Waals surface area contributed by atoms with E-state index in [1.807, 2.05) is 14.1 Å². The van der Waals surface area contributed by atoms with Crippen molar-refractivity contribution in [1.82, 2.24) is 9.13 Å². The summed E-state index contributed by atoms with van der Waals surface area (Å²) in [6, 6.07) is 0. The lowest BCUT2D eigenvalue weighted by molar-refractivity contribution is -0.671. The highest BCUT2D eigenvalue weighted by atomic mass is 35.5. The lowest BCUT2D eigenvalue weighted by Gasteiger charge is -1.90. The largest absolute Gasteiger partial charge is 1.00 e. The highest BCUT2D eigenvalue weighted by Gasteiger charge is 1.97. The Morgan fingerprint density at radius 1 is 0.848 bits per heavy atom. The molecule has 2 aromatic heterocycles. The molecule has 14 heteroatoms. The maximum Gasteiger partial charge on any atom is 0.261 e. The van der Waals surface area contributed by atoms with Gasteiger partial charge in [-0.25, -0.2) is 26.7 Å². The van der Waals surface area contributed by atoms with Crippen LogP contribution >= 0.6 is 12.4 Å². The van der Waals surface area contributed by atoms with Crippen molar-refractivity contribution >= 4 is 32.6 Å². The second kappa shape index (κ2) is 22.6. The summed E-state index contributed by atoms with van der Waals surface area (Å²) in [5.41, 5.74) is 0. The maximum absolute atomic E-state index is 9.19. The minimum Gasteiger partial charge on any atom is -1.00 e. The van der Waals surface area contributed by atoms with Gasteiger partial charge >= 0.3 is 0 Å². The van der Waals surface area contributed by atoms with E-state index in [0.29, 0.717) is 12.5 Å². The van der Waals surface area contributed by atoms with E-state index >= 15 is 0 Å². The van der Waals surface area contributed by atoms with Crippen molar-refractivity contribution in [3.8, 4) is 0 Å². The van der Waals surface area contributed by atoms with Gasteiger partial charge in [0.1, 0.15) is 24.8 Å². The maximum atomic E-state index is 9.19. The molecule has 0 fully saturated rings. The molecular formula is C19H42Cl2N4O6S2. The Morgan fingerprint density at radius 3 is 1.24 bits per heavy atom. The first-order chi connectivity index (χ1) is 13.7. The Bertz CT molecular complexity index is 811. The third-order valence-corrected chi connectivity index (χ3v) is 3.19. The van der Waals surface area contributed by atoms with Crippen molar-refractivity contribution in [2.75, 3.05) is 12.5 Å². The normalized spacial score (nSPS) is 9.70. The van der Waals surface area contributed by atoms with E-state index in [1.54, 1.807) is 0 Å². The first kappa shape index (κ1) is 42.0. The lowest BCUT2D eigenvalue weighted by Crippen LogP contribution is -3.00. The average Bonchev–Trinajstić information content (AvgIpc) is 3.16. The number of imidazole rings is 2. The summed E-state index contributed by atoms with van der Waals surface area (Å²) in [4.78, 5) is 0. The summed E-state index contributed by atoms with van der Waals surface area (Å²) >= 11 is 0. The minimum atomic E-state index is -3.92. The predicted molar refractivity (Wildman–Crippen MR) is 128 cm³/mol. The van der Waals surface area contributed by atoms with Gasteiger partial charge < -0.3 is 17.0 Å². The molecule has 0 aromatic carbocycles. The Hall–Kier alpha value is -1.18. The Balaban J connectivity index is -0.000000108. The van der Waals surface area contributed by atoms with Gasteiger partial charge in [-0.3, -0.25) is 4.55 Å². The highest BCUT2D eigenvalue weighted by molar-refractivity contribution is 7.85. The van der Waals surface area contributed by atoms with Crippen LogP contribution < -0.4 is 21.5 Å². The van der Waals surface area contributed by atoms with Gasteiger partial charge in [-0.2, -0.15) is 8.42 Å². The zero-order valence-electron chi connectivity index (χ0n) is 19.6. The fraction of sp³-hybridized carbons (Fsp3) is 0.684. The summed E-state index contributed by atoms with van der Waals surface area (Å²) in [6.45, 7) is 6.72. The first-order valence-corrected chi connectivity index (χ1v) is 13.2. The van der Waals surface area contributed by atoms with Crippen LogP contribution in [0.1, 0.15) is 47.0 Å². The smallest absolute Gasteiger partial charge is 0.261 e. The molecule has 33 heavy (non-hydrogen) atoms. The average molecular weight is 558 g/mol. The molecule has 0 bridgehead atoms. The number of rotatable bonds is 6. The minimum absolute atomic E-state index is 0. The molecule has 2 heterocycles. The molecule has 0 atom stereocenters. The summed E-state index contributed by atoms with van der Waals surface area (Å²) in [5.74, 6) is 0. The number of unbranched alkanes of at least 4 members (excludes halogenated alkanes) is 2. The monoisotopic (exact) mass is 556 g/mol. The molecule has 1 N–H and O–H groups in total. The third-order valence-electron chi connectivity index (χ3n) is 3.19. The molecule has 0 aliphatic rings. The number of hydrogen-bond acceptors (Lipinski definition) is 5. The van der Waals surface area contributed by atoms with Gasteiger partial charge in [-0.1, -0.05) is 34.1 Å². The number of halogens is 2. The number of hydrogen-bond donors (Lipinski definition) is 1. The Labute approximate surface area is 213 Å². The van der Waals surface area contributed by atoms with Crippen molar-refractivity contribution in [2.45, 2.75) is 60.0 Å². The molecule has 0 aliphatic heterocycles. The van der Waals surface area contributed by atoms with E-state index in [9.17, 15) is 8.42 Å². The van der Waals surface area contributed by atoms with E-state index in [0.717, 1.165) is 13.1 Å². The zero-order valence-corrected chi connectivity index (χ0v) is 22.8. The number of aromatic nitrogens is 4. The van der Waals surface area contributed by atoms with Crippen LogP contribution in [0.4, 0.5) is 0 Å². The van der Waals surface area contributed by atoms with Crippen molar-refractivity contribution < 1.29 is 47.5 Å². The van der Waals surface area contributed by atoms with Crippen molar-refractivity contribution in [3.63, 3.8) is 0 Å². The molecule has 10 nitrogen and oxygen atoms in total. The summed E-state index contributed by atoms with van der Waals surface area (Å²) in [5, 5.41) is 0. The summed E-state index contributed by atoms with van der Waals surface area (Å²) in [6.07, 6.45) is 19.0. The van der Waals surface area contributed by atoms with Gasteiger partial charge in [0.05, 0.1) is 43.6 Å². The van der Waals surface area contributed by atoms with Crippen molar-refractivity contribution in [1.29, 1.82) is 0 Å². The van der Waals surface area contributed by atoms with Crippen LogP contribution in [0.2, 0.25) is 0 Å². The SMILES string of the molecule is C.CCCCn1cc[n+](C)c1.CCCCn1cc[n+](C)c1.CS(=O)(=O)O.CS(=O)(=O)[O-].Cl.[Cl-]. The van der Waals surface area contributed by atoms with Crippen LogP contribution in [0.3, 0.4) is 0 Å². The van der Waals surface area contributed by atoms with Crippen LogP contribution in [0, 0.1) is 0 Å². The predicted octanol–water partition coefficient (Wildman–Crippen LogP) is -1.05. The molecule has 0 saturated carbocycles. The van der Waals surface area contributed by atoms with E-state index < -0.39 is 20.2 Å². The number of aryl methyl sites for hydroxylation is 4. The lowest BCUT2D eigenvalue weighted by atomic mass is 10.3.